The van der Waals surface area contributed by atoms with E-state index in [1.165, 1.54) is 106 Å². The summed E-state index contributed by atoms with van der Waals surface area (Å²) in [6, 6.07) is 71.2. The zero-order valence-corrected chi connectivity index (χ0v) is 40.3. The fourth-order valence-corrected chi connectivity index (χ4v) is 15.7. The molecule has 8 heteroatoms. The van der Waals surface area contributed by atoms with Crippen molar-refractivity contribution in [3.8, 4) is 11.4 Å². The summed E-state index contributed by atoms with van der Waals surface area (Å²) in [5.41, 5.74) is 11.8. The first kappa shape index (κ1) is 38.2. The number of para-hydroxylation sites is 4. The maximum absolute atomic E-state index is 4.45. The van der Waals surface area contributed by atoms with Crippen molar-refractivity contribution in [2.75, 3.05) is 16.5 Å². The van der Waals surface area contributed by atoms with E-state index in [-0.39, 0.29) is 0 Å². The molecule has 0 fully saturated rings. The van der Waals surface area contributed by atoms with Gasteiger partial charge in [0, 0.05) is 69.3 Å². The number of fused-ring (bicyclic) bond motifs is 14. The topological polar surface area (TPSA) is 16.3 Å². The predicted molar refractivity (Wildman–Crippen MR) is 296 cm³/mol. The van der Waals surface area contributed by atoms with Crippen molar-refractivity contribution in [1.29, 1.82) is 0 Å². The normalized spacial score (nSPS) is 13.1. The summed E-state index contributed by atoms with van der Waals surface area (Å²) >= 11 is 12.7. The summed E-state index contributed by atoms with van der Waals surface area (Å²) in [6.45, 7) is 0.550. The van der Waals surface area contributed by atoms with Crippen molar-refractivity contribution in [3.05, 3.63) is 203 Å². The first-order valence-corrected chi connectivity index (χ1v) is 25.7. The van der Waals surface area contributed by atoms with Gasteiger partial charge in [0.05, 0.1) is 63.2 Å². The van der Waals surface area contributed by atoms with Gasteiger partial charge in [-0.25, -0.2) is 0 Å². The highest BCUT2D eigenvalue weighted by Gasteiger charge is 2.36. The van der Waals surface area contributed by atoms with Gasteiger partial charge in [0.1, 0.15) is 6.67 Å². The Morgan fingerprint density at radius 3 is 1.22 bits per heavy atom. The highest BCUT2D eigenvalue weighted by atomic mass is 79.9. The Labute approximate surface area is 409 Å². The largest absolute Gasteiger partial charge is 0.321 e. The fraction of sp³-hybridized carbons (Fsp3) is 0.0169. The van der Waals surface area contributed by atoms with Crippen molar-refractivity contribution in [2.45, 2.75) is 0 Å². The van der Waals surface area contributed by atoms with Gasteiger partial charge < -0.3 is 18.9 Å². The molecule has 0 radical (unpaired) electrons. The van der Waals surface area contributed by atoms with Gasteiger partial charge in [-0.2, -0.15) is 0 Å². The van der Waals surface area contributed by atoms with Gasteiger partial charge in [0.25, 0.3) is 0 Å². The van der Waals surface area contributed by atoms with Gasteiger partial charge >= 0.3 is 0 Å². The summed E-state index contributed by atoms with van der Waals surface area (Å²) in [7, 11) is 0. The van der Waals surface area contributed by atoms with Gasteiger partial charge in [0.15, 0.2) is 0 Å². The summed E-state index contributed by atoms with van der Waals surface area (Å²) in [6.07, 6.45) is 0. The molecule has 0 atom stereocenters. The minimum absolute atomic E-state index is 0.550. The minimum atomic E-state index is 0.550. The van der Waals surface area contributed by atoms with E-state index in [0.717, 1.165) is 31.7 Å². The lowest BCUT2D eigenvalue weighted by atomic mass is 9.99. The molecule has 4 aromatic heterocycles. The number of rotatable bonds is 4. The molecule has 14 aromatic rings. The minimum Gasteiger partial charge on any atom is -0.321 e. The summed E-state index contributed by atoms with van der Waals surface area (Å²) in [4.78, 5) is 5.22. The van der Waals surface area contributed by atoms with Crippen molar-refractivity contribution in [1.82, 2.24) is 9.13 Å². The molecule has 10 aromatic carbocycles. The van der Waals surface area contributed by atoms with Crippen LogP contribution in [0.3, 0.4) is 0 Å². The molecule has 67 heavy (non-hydrogen) atoms. The van der Waals surface area contributed by atoms with E-state index in [4.69, 9.17) is 0 Å². The van der Waals surface area contributed by atoms with E-state index in [1.54, 1.807) is 0 Å². The first-order chi connectivity index (χ1) is 33.1. The maximum Gasteiger partial charge on any atom is 0.100 e. The second-order valence-electron chi connectivity index (χ2n) is 17.4. The highest BCUT2D eigenvalue weighted by molar-refractivity contribution is 9.11. The van der Waals surface area contributed by atoms with Gasteiger partial charge in [0.2, 0.25) is 0 Å². The molecule has 316 valence electrons. The van der Waals surface area contributed by atoms with Crippen LogP contribution in [-0.2, 0) is 0 Å². The first-order valence-electron chi connectivity index (χ1n) is 22.4. The highest BCUT2D eigenvalue weighted by Crippen LogP contribution is 2.58. The molecule has 0 saturated carbocycles. The third kappa shape index (κ3) is 5.16. The lowest BCUT2D eigenvalue weighted by Gasteiger charge is -2.41. The number of hydrogen-bond acceptors (Lipinski definition) is 4. The Morgan fingerprint density at radius 2 is 0.761 bits per heavy atom. The molecule has 0 aliphatic carbocycles. The van der Waals surface area contributed by atoms with E-state index in [9.17, 15) is 0 Å². The Bertz CT molecular complexity index is 4130. The number of aromatic nitrogens is 2. The fourth-order valence-electron chi connectivity index (χ4n) is 11.3. The summed E-state index contributed by atoms with van der Waals surface area (Å²) < 4.78 is 12.3. The molecule has 4 nitrogen and oxygen atoms in total. The molecule has 0 unspecified atom stereocenters. The van der Waals surface area contributed by atoms with Gasteiger partial charge in [-0.15, -0.1) is 22.7 Å². The SMILES string of the molecule is Brc1c(N2CN(c3c(Br)c4c5ccccc5sc4c4c3c3ccccc3n4-c3ccccc3)c3cccc4cccc2c34)c2c3ccccc3n(-c3ccccc3)c2c2sc3ccccc3c12. The van der Waals surface area contributed by atoms with Gasteiger partial charge in [-0.1, -0.05) is 133 Å². The Kier molecular flexibility index (Phi) is 8.14. The maximum atomic E-state index is 4.45. The van der Waals surface area contributed by atoms with E-state index in [2.05, 4.69) is 245 Å². The van der Waals surface area contributed by atoms with E-state index >= 15 is 0 Å². The van der Waals surface area contributed by atoms with Crippen LogP contribution in [0.4, 0.5) is 22.7 Å². The zero-order valence-electron chi connectivity index (χ0n) is 35.5. The Morgan fingerprint density at radius 1 is 0.358 bits per heavy atom. The average molecular weight is 1020 g/mol. The van der Waals surface area contributed by atoms with E-state index < -0.39 is 0 Å². The molecule has 15 rings (SSSR count). The third-order valence-corrected chi connectivity index (χ3v) is 17.9. The number of nitrogens with zero attached hydrogens (tertiary/aromatic N) is 4. The van der Waals surface area contributed by atoms with Crippen LogP contribution in [0.25, 0.3) is 106 Å². The third-order valence-electron chi connectivity index (χ3n) is 14.0. The lowest BCUT2D eigenvalue weighted by molar-refractivity contribution is 0.922. The van der Waals surface area contributed by atoms with Gasteiger partial charge in [-0.3, -0.25) is 0 Å². The van der Waals surface area contributed by atoms with Crippen molar-refractivity contribution in [2.24, 2.45) is 0 Å². The molecule has 1 aliphatic heterocycles. The second kappa shape index (κ2) is 14.3. The quantitative estimate of drug-likeness (QED) is 0.175. The summed E-state index contributed by atoms with van der Waals surface area (Å²) in [5.74, 6) is 0. The molecule has 5 heterocycles. The number of anilines is 4. The molecule has 1 aliphatic rings. The Hall–Kier alpha value is -6.94. The molecular formula is C59H34Br2N4S2. The number of halogens is 2. The van der Waals surface area contributed by atoms with Crippen LogP contribution in [0, 0.1) is 0 Å². The molecule has 0 spiro atoms. The number of benzene rings is 10. The summed E-state index contributed by atoms with van der Waals surface area (Å²) in [5, 5.41) is 12.3. The van der Waals surface area contributed by atoms with E-state index in [0.29, 0.717) is 6.67 Å². The molecular weight excluding hydrogens is 989 g/mol. The standard InChI is InChI=1S/C59H34Br2N4S2/c60-52-48-39-25-9-13-31-45(39)66-58(48)56-50(37-23-7-11-27-41(37)64(56)35-19-3-1-4-20-35)54(52)62-33-63(44-30-16-18-34-17-15-29-43(62)47(34)44)55-51-38-24-8-12-28-42(38)65(36-21-5-2-6-22-36)57(51)59-49(53(55)61)40-26-10-14-32-46(40)67-59/h1-32H,33H2. The van der Waals surface area contributed by atoms with Crippen LogP contribution in [0.5, 0.6) is 0 Å². The van der Waals surface area contributed by atoms with E-state index in [1.807, 2.05) is 22.7 Å². The van der Waals surface area contributed by atoms with Crippen LogP contribution < -0.4 is 9.80 Å². The lowest BCUT2D eigenvalue weighted by Crippen LogP contribution is -2.36. The van der Waals surface area contributed by atoms with Crippen molar-refractivity contribution >= 4 is 172 Å². The molecule has 0 bridgehead atoms. The second-order valence-corrected chi connectivity index (χ2v) is 21.1. The van der Waals surface area contributed by atoms with Crippen molar-refractivity contribution < 1.29 is 0 Å². The number of thiophene rings is 2. The smallest absolute Gasteiger partial charge is 0.100 e. The average Bonchev–Trinajstić information content (AvgIpc) is 4.14. The Balaban J connectivity index is 1.12. The molecule has 0 N–H and O–H groups in total. The van der Waals surface area contributed by atoms with Crippen LogP contribution in [-0.4, -0.2) is 15.8 Å². The zero-order chi connectivity index (χ0) is 44.1. The van der Waals surface area contributed by atoms with Crippen LogP contribution >= 0.6 is 54.5 Å². The van der Waals surface area contributed by atoms with Crippen molar-refractivity contribution in [3.63, 3.8) is 0 Å². The van der Waals surface area contributed by atoms with Crippen LogP contribution in [0.15, 0.2) is 203 Å². The van der Waals surface area contributed by atoms with Gasteiger partial charge in [-0.05, 0) is 97.9 Å². The number of hydrogen-bond donors (Lipinski definition) is 0. The molecule has 0 amide bonds. The van der Waals surface area contributed by atoms with Crippen LogP contribution in [0.1, 0.15) is 0 Å². The molecule has 0 saturated heterocycles. The monoisotopic (exact) mass is 1020 g/mol. The predicted octanol–water partition coefficient (Wildman–Crippen LogP) is 18.5. The van der Waals surface area contributed by atoms with Crippen LogP contribution in [0.2, 0.25) is 0 Å².